The van der Waals surface area contributed by atoms with E-state index in [-0.39, 0.29) is 18.6 Å². The average molecular weight is 390 g/mol. The molecule has 0 saturated carbocycles. The highest BCUT2D eigenvalue weighted by atomic mass is 16.5. The van der Waals surface area contributed by atoms with Crippen molar-refractivity contribution >= 4 is 22.5 Å². The van der Waals surface area contributed by atoms with Gasteiger partial charge in [0.2, 0.25) is 5.88 Å². The summed E-state index contributed by atoms with van der Waals surface area (Å²) in [4.78, 5) is 23.0. The van der Waals surface area contributed by atoms with E-state index in [1.807, 2.05) is 29.2 Å². The third-order valence-corrected chi connectivity index (χ3v) is 5.49. The highest BCUT2D eigenvalue weighted by molar-refractivity contribution is 5.84. The van der Waals surface area contributed by atoms with Crippen molar-refractivity contribution in [3.05, 3.63) is 59.9 Å². The van der Waals surface area contributed by atoms with Crippen LogP contribution >= 0.6 is 0 Å². The van der Waals surface area contributed by atoms with Gasteiger partial charge in [0.05, 0.1) is 10.9 Å². The van der Waals surface area contributed by atoms with E-state index in [0.717, 1.165) is 36.0 Å². The molecule has 1 atom stereocenters. The second-order valence-corrected chi connectivity index (χ2v) is 7.61. The first kappa shape index (κ1) is 19.2. The van der Waals surface area contributed by atoms with Crippen molar-refractivity contribution in [3.63, 3.8) is 0 Å². The molecule has 29 heavy (non-hydrogen) atoms. The third-order valence-electron chi connectivity index (χ3n) is 5.49. The second kappa shape index (κ2) is 8.47. The molecule has 0 aliphatic carbocycles. The van der Waals surface area contributed by atoms with Crippen molar-refractivity contribution < 1.29 is 9.53 Å². The van der Waals surface area contributed by atoms with Gasteiger partial charge in [-0.3, -0.25) is 4.79 Å². The lowest BCUT2D eigenvalue weighted by atomic mass is 10.0. The topological polar surface area (TPSA) is 67.4 Å². The van der Waals surface area contributed by atoms with Gasteiger partial charge in [-0.25, -0.2) is 9.97 Å². The van der Waals surface area contributed by atoms with E-state index in [0.29, 0.717) is 12.4 Å². The molecule has 0 bridgehead atoms. The minimum absolute atomic E-state index is 0.0146. The molecule has 2 heterocycles. The van der Waals surface area contributed by atoms with Crippen molar-refractivity contribution in [2.24, 2.45) is 0 Å². The molecular formula is C23H26N4O2. The lowest BCUT2D eigenvalue weighted by Gasteiger charge is -2.33. The smallest absolute Gasteiger partial charge is 0.260 e. The number of rotatable bonds is 5. The molecular weight excluding hydrogens is 364 g/mol. The first-order chi connectivity index (χ1) is 14.1. The maximum absolute atomic E-state index is 12.7. The van der Waals surface area contributed by atoms with E-state index in [1.165, 1.54) is 17.5 Å². The summed E-state index contributed by atoms with van der Waals surface area (Å²) in [6.45, 7) is 5.65. The van der Waals surface area contributed by atoms with Crippen LogP contribution in [0.1, 0.15) is 24.0 Å². The van der Waals surface area contributed by atoms with Gasteiger partial charge in [0.1, 0.15) is 6.33 Å². The van der Waals surface area contributed by atoms with Crippen LogP contribution in [-0.2, 0) is 4.79 Å². The Hall–Kier alpha value is -3.15. The highest BCUT2D eigenvalue weighted by Gasteiger charge is 2.24. The van der Waals surface area contributed by atoms with Crippen molar-refractivity contribution in [1.82, 2.24) is 14.9 Å². The van der Waals surface area contributed by atoms with Crippen molar-refractivity contribution in [3.8, 4) is 5.88 Å². The number of aromatic nitrogens is 2. The first-order valence-corrected chi connectivity index (χ1v) is 10.0. The number of benzene rings is 2. The van der Waals surface area contributed by atoms with Gasteiger partial charge in [-0.1, -0.05) is 18.2 Å². The number of carbonyl (C=O) groups excluding carboxylic acids is 1. The van der Waals surface area contributed by atoms with Crippen LogP contribution in [0.3, 0.4) is 0 Å². The molecule has 0 radical (unpaired) electrons. The number of nitrogens with one attached hydrogen (secondary N) is 1. The minimum atomic E-state index is -0.0165. The summed E-state index contributed by atoms with van der Waals surface area (Å²) < 4.78 is 5.75. The van der Waals surface area contributed by atoms with Crippen LogP contribution in [0.5, 0.6) is 5.88 Å². The summed E-state index contributed by atoms with van der Waals surface area (Å²) in [7, 11) is 0. The Bertz CT molecular complexity index is 1020. The molecule has 1 amide bonds. The number of para-hydroxylation sites is 1. The Morgan fingerprint density at radius 2 is 2.03 bits per heavy atom. The molecule has 0 spiro atoms. The number of amides is 1. The molecule has 6 nitrogen and oxygen atoms in total. The maximum atomic E-state index is 12.7. The maximum Gasteiger partial charge on any atom is 0.260 e. The van der Waals surface area contributed by atoms with Gasteiger partial charge in [0, 0.05) is 24.8 Å². The van der Waals surface area contributed by atoms with E-state index in [4.69, 9.17) is 4.74 Å². The average Bonchev–Trinajstić information content (AvgIpc) is 2.75. The van der Waals surface area contributed by atoms with Gasteiger partial charge < -0.3 is 15.0 Å². The standard InChI is InChI=1S/C23H26N4O2/c1-16-9-10-18(12-17(16)2)26-19-6-5-11-27(13-19)22(28)14-29-23-20-7-3-4-8-21(20)24-15-25-23/h3-4,7-10,12,15,19,26H,5-6,11,13-14H2,1-2H3/t19-/m0/s1. The second-order valence-electron chi connectivity index (χ2n) is 7.61. The molecule has 1 aromatic heterocycles. The van der Waals surface area contributed by atoms with Crippen LogP contribution in [0.2, 0.25) is 0 Å². The van der Waals surface area contributed by atoms with Crippen LogP contribution in [0.25, 0.3) is 10.9 Å². The lowest BCUT2D eigenvalue weighted by molar-refractivity contribution is -0.134. The van der Waals surface area contributed by atoms with Crippen LogP contribution < -0.4 is 10.1 Å². The molecule has 1 saturated heterocycles. The number of hydrogen-bond acceptors (Lipinski definition) is 5. The number of nitrogens with zero attached hydrogens (tertiary/aromatic N) is 3. The van der Waals surface area contributed by atoms with Crippen LogP contribution in [0, 0.1) is 13.8 Å². The first-order valence-electron chi connectivity index (χ1n) is 10.0. The quantitative estimate of drug-likeness (QED) is 0.719. The summed E-state index contributed by atoms with van der Waals surface area (Å²) in [5.41, 5.74) is 4.46. The predicted molar refractivity (Wildman–Crippen MR) is 114 cm³/mol. The summed E-state index contributed by atoms with van der Waals surface area (Å²) in [5, 5.41) is 4.39. The molecule has 4 rings (SSSR count). The number of ether oxygens (including phenoxy) is 1. The predicted octanol–water partition coefficient (Wildman–Crippen LogP) is 3.73. The molecule has 150 valence electrons. The Labute approximate surface area is 170 Å². The zero-order valence-electron chi connectivity index (χ0n) is 16.9. The Morgan fingerprint density at radius 1 is 1.17 bits per heavy atom. The van der Waals surface area contributed by atoms with Crippen molar-refractivity contribution in [2.45, 2.75) is 32.7 Å². The molecule has 2 aromatic carbocycles. The summed E-state index contributed by atoms with van der Waals surface area (Å²) in [6, 6.07) is 14.3. The van der Waals surface area contributed by atoms with Crippen molar-refractivity contribution in [1.29, 1.82) is 0 Å². The zero-order chi connectivity index (χ0) is 20.2. The molecule has 3 aromatic rings. The molecule has 1 N–H and O–H groups in total. The normalized spacial score (nSPS) is 16.6. The van der Waals surface area contributed by atoms with Gasteiger partial charge in [0.25, 0.3) is 5.91 Å². The van der Waals surface area contributed by atoms with E-state index in [1.54, 1.807) is 0 Å². The Morgan fingerprint density at radius 3 is 2.90 bits per heavy atom. The number of hydrogen-bond donors (Lipinski definition) is 1. The van der Waals surface area contributed by atoms with Crippen LogP contribution in [0.15, 0.2) is 48.8 Å². The van der Waals surface area contributed by atoms with Gasteiger partial charge in [0.15, 0.2) is 6.61 Å². The van der Waals surface area contributed by atoms with E-state index in [2.05, 4.69) is 47.3 Å². The number of carbonyl (C=O) groups is 1. The monoisotopic (exact) mass is 390 g/mol. The van der Waals surface area contributed by atoms with Gasteiger partial charge in [-0.15, -0.1) is 0 Å². The summed E-state index contributed by atoms with van der Waals surface area (Å²) in [5.74, 6) is 0.435. The SMILES string of the molecule is Cc1ccc(N[C@H]2CCCN(C(=O)COc3ncnc4ccccc34)C2)cc1C. The number of aryl methyl sites for hydroxylation is 2. The largest absolute Gasteiger partial charge is 0.467 e. The van der Waals surface area contributed by atoms with E-state index < -0.39 is 0 Å². The van der Waals surface area contributed by atoms with Gasteiger partial charge >= 0.3 is 0 Å². The number of likely N-dealkylation sites (tertiary alicyclic amines) is 1. The molecule has 6 heteroatoms. The summed E-state index contributed by atoms with van der Waals surface area (Å²) in [6.07, 6.45) is 3.49. The fourth-order valence-corrected chi connectivity index (χ4v) is 3.70. The Balaban J connectivity index is 1.36. The lowest BCUT2D eigenvalue weighted by Crippen LogP contribution is -2.46. The molecule has 0 unspecified atom stereocenters. The van der Waals surface area contributed by atoms with E-state index >= 15 is 0 Å². The summed E-state index contributed by atoms with van der Waals surface area (Å²) >= 11 is 0. The molecule has 1 fully saturated rings. The zero-order valence-corrected chi connectivity index (χ0v) is 16.9. The fraction of sp³-hybridized carbons (Fsp3) is 0.348. The molecule has 1 aliphatic rings. The van der Waals surface area contributed by atoms with E-state index in [9.17, 15) is 4.79 Å². The van der Waals surface area contributed by atoms with Crippen LogP contribution in [-0.4, -0.2) is 46.5 Å². The third kappa shape index (κ3) is 4.47. The number of piperidine rings is 1. The van der Waals surface area contributed by atoms with Gasteiger partial charge in [-0.05, 0) is 62.1 Å². The molecule has 1 aliphatic heterocycles. The highest BCUT2D eigenvalue weighted by Crippen LogP contribution is 2.22. The minimum Gasteiger partial charge on any atom is -0.467 e. The van der Waals surface area contributed by atoms with Crippen molar-refractivity contribution in [2.75, 3.05) is 25.0 Å². The number of anilines is 1. The van der Waals surface area contributed by atoms with Gasteiger partial charge in [-0.2, -0.15) is 0 Å². The fourth-order valence-electron chi connectivity index (χ4n) is 3.70. The Kier molecular flexibility index (Phi) is 5.60. The van der Waals surface area contributed by atoms with Crippen LogP contribution in [0.4, 0.5) is 5.69 Å². The number of fused-ring (bicyclic) bond motifs is 1.